The topological polar surface area (TPSA) is 46.6 Å². The lowest BCUT2D eigenvalue weighted by Gasteiger charge is -2.21. The van der Waals surface area contributed by atoms with Crippen molar-refractivity contribution < 1.29 is 14.3 Å². The van der Waals surface area contributed by atoms with Crippen LogP contribution in [0.2, 0.25) is 0 Å². The standard InChI is InChI=1S/C14H16INO3/c1-2-19-13(17)9-16(12-6-7-12)14(18)10-4-3-5-11(15)8-10/h3-5,8,12H,2,6-7,9H2,1H3. The van der Waals surface area contributed by atoms with E-state index in [1.807, 2.05) is 18.2 Å². The first kappa shape index (κ1) is 14.3. The van der Waals surface area contributed by atoms with Gasteiger partial charge in [-0.25, -0.2) is 0 Å². The number of carbonyl (C=O) groups is 2. The molecule has 102 valence electrons. The van der Waals surface area contributed by atoms with Crippen molar-refractivity contribution in [3.05, 3.63) is 33.4 Å². The lowest BCUT2D eigenvalue weighted by molar-refractivity contribution is -0.144. The molecule has 0 atom stereocenters. The van der Waals surface area contributed by atoms with Gasteiger partial charge in [-0.1, -0.05) is 6.07 Å². The number of nitrogens with zero attached hydrogens (tertiary/aromatic N) is 1. The zero-order valence-corrected chi connectivity index (χ0v) is 12.9. The molecule has 0 aliphatic heterocycles. The van der Waals surface area contributed by atoms with Gasteiger partial charge in [0, 0.05) is 15.2 Å². The smallest absolute Gasteiger partial charge is 0.325 e. The van der Waals surface area contributed by atoms with E-state index >= 15 is 0 Å². The number of hydrogen-bond acceptors (Lipinski definition) is 3. The van der Waals surface area contributed by atoms with Crippen LogP contribution in [0, 0.1) is 3.57 Å². The first-order chi connectivity index (χ1) is 9.11. The highest BCUT2D eigenvalue weighted by molar-refractivity contribution is 14.1. The van der Waals surface area contributed by atoms with Crippen molar-refractivity contribution in [1.29, 1.82) is 0 Å². The number of hydrogen-bond donors (Lipinski definition) is 0. The fraction of sp³-hybridized carbons (Fsp3) is 0.429. The van der Waals surface area contributed by atoms with Gasteiger partial charge in [0.05, 0.1) is 6.61 Å². The summed E-state index contributed by atoms with van der Waals surface area (Å²) in [5.41, 5.74) is 0.628. The Kier molecular flexibility index (Phi) is 4.79. The van der Waals surface area contributed by atoms with E-state index < -0.39 is 0 Å². The van der Waals surface area contributed by atoms with Crippen molar-refractivity contribution >= 4 is 34.5 Å². The molecule has 1 aliphatic rings. The molecule has 0 unspecified atom stereocenters. The molecule has 1 saturated carbocycles. The minimum absolute atomic E-state index is 0.0445. The molecular weight excluding hydrogens is 357 g/mol. The summed E-state index contributed by atoms with van der Waals surface area (Å²) in [6.45, 7) is 2.15. The lowest BCUT2D eigenvalue weighted by Crippen LogP contribution is -2.38. The second-order valence-corrected chi connectivity index (χ2v) is 5.73. The van der Waals surface area contributed by atoms with Gasteiger partial charge in [-0.15, -0.1) is 0 Å². The lowest BCUT2D eigenvalue weighted by atomic mass is 10.2. The summed E-state index contributed by atoms with van der Waals surface area (Å²) in [4.78, 5) is 25.6. The summed E-state index contributed by atoms with van der Waals surface area (Å²) < 4.78 is 5.94. The molecule has 0 aromatic heterocycles. The molecule has 0 heterocycles. The zero-order valence-electron chi connectivity index (χ0n) is 10.8. The third-order valence-corrected chi connectivity index (χ3v) is 3.60. The minimum Gasteiger partial charge on any atom is -0.465 e. The molecule has 1 aliphatic carbocycles. The molecule has 0 radical (unpaired) electrons. The van der Waals surface area contributed by atoms with Crippen molar-refractivity contribution in [2.45, 2.75) is 25.8 Å². The normalized spacial score (nSPS) is 14.0. The maximum absolute atomic E-state index is 12.4. The Bertz CT molecular complexity index is 485. The summed E-state index contributed by atoms with van der Waals surface area (Å²) in [6.07, 6.45) is 1.93. The number of ether oxygens (including phenoxy) is 1. The van der Waals surface area contributed by atoms with Crippen molar-refractivity contribution in [3.63, 3.8) is 0 Å². The summed E-state index contributed by atoms with van der Waals surface area (Å²) in [7, 11) is 0. The summed E-state index contributed by atoms with van der Waals surface area (Å²) >= 11 is 2.17. The van der Waals surface area contributed by atoms with Crippen LogP contribution in [0.1, 0.15) is 30.1 Å². The minimum atomic E-state index is -0.339. The highest BCUT2D eigenvalue weighted by atomic mass is 127. The van der Waals surface area contributed by atoms with Gasteiger partial charge < -0.3 is 9.64 Å². The van der Waals surface area contributed by atoms with Crippen LogP contribution in [0.25, 0.3) is 0 Å². The van der Waals surface area contributed by atoms with Crippen LogP contribution in [-0.4, -0.2) is 36.0 Å². The van der Waals surface area contributed by atoms with Crippen LogP contribution in [0.4, 0.5) is 0 Å². The predicted molar refractivity (Wildman–Crippen MR) is 79.9 cm³/mol. The first-order valence-electron chi connectivity index (χ1n) is 6.34. The van der Waals surface area contributed by atoms with Gasteiger partial charge in [0.2, 0.25) is 0 Å². The van der Waals surface area contributed by atoms with E-state index in [0.717, 1.165) is 16.4 Å². The molecule has 5 heteroatoms. The van der Waals surface area contributed by atoms with E-state index in [-0.39, 0.29) is 24.5 Å². The van der Waals surface area contributed by atoms with Crippen molar-refractivity contribution in [1.82, 2.24) is 4.90 Å². The molecule has 0 bridgehead atoms. The molecule has 2 rings (SSSR count). The summed E-state index contributed by atoms with van der Waals surface area (Å²) in [5, 5.41) is 0. The van der Waals surface area contributed by atoms with Gasteiger partial charge in [-0.2, -0.15) is 0 Å². The Balaban J connectivity index is 2.10. The fourth-order valence-corrected chi connectivity index (χ4v) is 2.43. The van der Waals surface area contributed by atoms with Gasteiger partial charge in [0.25, 0.3) is 5.91 Å². The second-order valence-electron chi connectivity index (χ2n) is 4.48. The van der Waals surface area contributed by atoms with Crippen LogP contribution >= 0.6 is 22.6 Å². The molecule has 4 nitrogen and oxygen atoms in total. The fourth-order valence-electron chi connectivity index (χ4n) is 1.89. The monoisotopic (exact) mass is 373 g/mol. The van der Waals surface area contributed by atoms with Gasteiger partial charge >= 0.3 is 5.97 Å². The predicted octanol–water partition coefficient (Wildman–Crippen LogP) is 2.46. The quantitative estimate of drug-likeness (QED) is 0.589. The Hall–Kier alpha value is -1.11. The summed E-state index contributed by atoms with van der Waals surface area (Å²) in [6, 6.07) is 7.60. The van der Waals surface area contributed by atoms with Crippen LogP contribution in [0.5, 0.6) is 0 Å². The van der Waals surface area contributed by atoms with Crippen LogP contribution in [0.3, 0.4) is 0 Å². The molecule has 1 fully saturated rings. The number of rotatable bonds is 5. The molecular formula is C14H16INO3. The SMILES string of the molecule is CCOC(=O)CN(C(=O)c1cccc(I)c1)C1CC1. The van der Waals surface area contributed by atoms with E-state index in [2.05, 4.69) is 22.6 Å². The van der Waals surface area contributed by atoms with Gasteiger partial charge in [-0.05, 0) is 60.6 Å². The van der Waals surface area contributed by atoms with E-state index in [4.69, 9.17) is 4.74 Å². The highest BCUT2D eigenvalue weighted by Crippen LogP contribution is 2.28. The molecule has 0 spiro atoms. The van der Waals surface area contributed by atoms with Crippen molar-refractivity contribution in [2.24, 2.45) is 0 Å². The third-order valence-electron chi connectivity index (χ3n) is 2.92. The molecule has 1 aromatic carbocycles. The zero-order chi connectivity index (χ0) is 13.8. The van der Waals surface area contributed by atoms with E-state index in [0.29, 0.717) is 12.2 Å². The van der Waals surface area contributed by atoms with E-state index in [9.17, 15) is 9.59 Å². The van der Waals surface area contributed by atoms with Crippen LogP contribution in [0.15, 0.2) is 24.3 Å². The van der Waals surface area contributed by atoms with Crippen LogP contribution in [-0.2, 0) is 9.53 Å². The van der Waals surface area contributed by atoms with Gasteiger partial charge in [0.1, 0.15) is 6.54 Å². The highest BCUT2D eigenvalue weighted by Gasteiger charge is 2.34. The Morgan fingerprint density at radius 1 is 1.42 bits per heavy atom. The van der Waals surface area contributed by atoms with E-state index in [1.54, 1.807) is 17.9 Å². The maximum atomic E-state index is 12.4. The largest absolute Gasteiger partial charge is 0.465 e. The molecule has 1 aromatic rings. The second kappa shape index (κ2) is 6.36. The number of esters is 1. The third kappa shape index (κ3) is 3.92. The number of halogens is 1. The number of amides is 1. The maximum Gasteiger partial charge on any atom is 0.325 e. The van der Waals surface area contributed by atoms with Crippen LogP contribution < -0.4 is 0 Å². The Labute approximate surface area is 126 Å². The molecule has 0 N–H and O–H groups in total. The van der Waals surface area contributed by atoms with E-state index in [1.165, 1.54) is 0 Å². The Morgan fingerprint density at radius 3 is 2.74 bits per heavy atom. The van der Waals surface area contributed by atoms with Gasteiger partial charge in [-0.3, -0.25) is 9.59 Å². The van der Waals surface area contributed by atoms with Gasteiger partial charge in [0.15, 0.2) is 0 Å². The Morgan fingerprint density at radius 2 is 2.16 bits per heavy atom. The van der Waals surface area contributed by atoms with Crippen molar-refractivity contribution in [2.75, 3.05) is 13.2 Å². The number of benzene rings is 1. The molecule has 1 amide bonds. The number of carbonyl (C=O) groups excluding carboxylic acids is 2. The first-order valence-corrected chi connectivity index (χ1v) is 7.42. The molecule has 19 heavy (non-hydrogen) atoms. The average molecular weight is 373 g/mol. The average Bonchev–Trinajstić information content (AvgIpc) is 3.20. The molecule has 0 saturated heterocycles. The summed E-state index contributed by atoms with van der Waals surface area (Å²) in [5.74, 6) is -0.428. The van der Waals surface area contributed by atoms with Crippen molar-refractivity contribution in [3.8, 4) is 0 Å².